The Balaban J connectivity index is 3.59. The summed E-state index contributed by atoms with van der Waals surface area (Å²) in [5.41, 5.74) is -2.27. The van der Waals surface area contributed by atoms with Crippen LogP contribution in [0, 0.1) is 28.8 Å². The van der Waals surface area contributed by atoms with Crippen molar-refractivity contribution in [3.05, 3.63) is 34.6 Å². The maximum Gasteiger partial charge on any atom is 0.341 e. The molecule has 0 bridgehead atoms. The van der Waals surface area contributed by atoms with E-state index in [-0.39, 0.29) is 0 Å². The molecule has 14 heavy (non-hydrogen) atoms. The molecule has 0 spiro atoms. The van der Waals surface area contributed by atoms with E-state index >= 15 is 0 Å². The Labute approximate surface area is 76.0 Å². The van der Waals surface area contributed by atoms with E-state index in [1.807, 2.05) is 0 Å². The number of carbonyl (C=O) groups is 1. The van der Waals surface area contributed by atoms with Gasteiger partial charge >= 0.3 is 5.97 Å². The number of aromatic carboxylic acids is 1. The van der Waals surface area contributed by atoms with Gasteiger partial charge in [0.2, 0.25) is 0 Å². The van der Waals surface area contributed by atoms with Crippen molar-refractivity contribution in [1.29, 1.82) is 5.26 Å². The Hall–Kier alpha value is -2.03. The third-order valence-corrected chi connectivity index (χ3v) is 1.49. The summed E-state index contributed by atoms with van der Waals surface area (Å²) in [6, 6.07) is 1.53. The molecule has 0 amide bonds. The predicted octanol–water partition coefficient (Wildman–Crippen LogP) is 1.67. The molecule has 0 heterocycles. The summed E-state index contributed by atoms with van der Waals surface area (Å²) in [6.45, 7) is 0. The molecule has 1 aromatic carbocycles. The van der Waals surface area contributed by atoms with Gasteiger partial charge in [-0.3, -0.25) is 0 Å². The molecule has 72 valence electrons. The fourth-order valence-corrected chi connectivity index (χ4v) is 0.872. The molecule has 0 saturated heterocycles. The van der Waals surface area contributed by atoms with Crippen LogP contribution < -0.4 is 0 Å². The number of hydrogen-bond acceptors (Lipinski definition) is 2. The Morgan fingerprint density at radius 1 is 1.36 bits per heavy atom. The molecule has 1 N–H and O–H groups in total. The third-order valence-electron chi connectivity index (χ3n) is 1.49. The van der Waals surface area contributed by atoms with Crippen molar-refractivity contribution >= 4 is 5.97 Å². The van der Waals surface area contributed by atoms with E-state index in [1.165, 1.54) is 6.07 Å². The highest BCUT2D eigenvalue weighted by Crippen LogP contribution is 2.19. The summed E-state index contributed by atoms with van der Waals surface area (Å²) in [6.07, 6.45) is 0. The topological polar surface area (TPSA) is 61.1 Å². The standard InChI is InChI=1S/C8H2F3NO2/c9-4-1-3(2-12)6(10)7(11)5(4)8(13)14/h1H,(H,13,14). The lowest BCUT2D eigenvalue weighted by Crippen LogP contribution is -2.08. The number of benzene rings is 1. The SMILES string of the molecule is N#Cc1cc(F)c(C(=O)O)c(F)c1F. The van der Waals surface area contributed by atoms with Crippen molar-refractivity contribution < 1.29 is 23.1 Å². The second-order valence-electron chi connectivity index (χ2n) is 2.33. The molecule has 1 rings (SSSR count). The van der Waals surface area contributed by atoms with Crippen molar-refractivity contribution in [2.75, 3.05) is 0 Å². The zero-order chi connectivity index (χ0) is 10.9. The summed E-state index contributed by atoms with van der Waals surface area (Å²) in [5, 5.41) is 16.5. The van der Waals surface area contributed by atoms with Gasteiger partial charge in [0.25, 0.3) is 0 Å². The van der Waals surface area contributed by atoms with Crippen LogP contribution >= 0.6 is 0 Å². The molecule has 0 atom stereocenters. The van der Waals surface area contributed by atoms with Gasteiger partial charge in [-0.05, 0) is 6.07 Å². The van der Waals surface area contributed by atoms with Gasteiger partial charge in [-0.2, -0.15) is 5.26 Å². The van der Waals surface area contributed by atoms with Crippen molar-refractivity contribution in [1.82, 2.24) is 0 Å². The third kappa shape index (κ3) is 1.40. The van der Waals surface area contributed by atoms with Crippen LogP contribution in [0.3, 0.4) is 0 Å². The predicted molar refractivity (Wildman–Crippen MR) is 38.0 cm³/mol. The summed E-state index contributed by atoms with van der Waals surface area (Å²) < 4.78 is 38.4. The van der Waals surface area contributed by atoms with E-state index in [2.05, 4.69) is 0 Å². The minimum absolute atomic E-state index is 0.335. The lowest BCUT2D eigenvalue weighted by Gasteiger charge is -2.01. The molecule has 0 radical (unpaired) electrons. The van der Waals surface area contributed by atoms with E-state index in [0.717, 1.165) is 0 Å². The zero-order valence-corrected chi connectivity index (χ0v) is 6.51. The first-order valence-corrected chi connectivity index (χ1v) is 3.30. The molecule has 0 fully saturated rings. The number of nitrogens with zero attached hydrogens (tertiary/aromatic N) is 1. The van der Waals surface area contributed by atoms with Crippen molar-refractivity contribution in [2.45, 2.75) is 0 Å². The van der Waals surface area contributed by atoms with Gasteiger partial charge in [0.15, 0.2) is 11.6 Å². The van der Waals surface area contributed by atoms with Gasteiger partial charge in [-0.25, -0.2) is 18.0 Å². The second-order valence-corrected chi connectivity index (χ2v) is 2.33. The smallest absolute Gasteiger partial charge is 0.341 e. The normalized spacial score (nSPS) is 9.57. The lowest BCUT2D eigenvalue weighted by molar-refractivity contribution is 0.0685. The van der Waals surface area contributed by atoms with Crippen LogP contribution in [0.4, 0.5) is 13.2 Å². The van der Waals surface area contributed by atoms with Gasteiger partial charge < -0.3 is 5.11 Å². The fourth-order valence-electron chi connectivity index (χ4n) is 0.872. The van der Waals surface area contributed by atoms with E-state index in [1.54, 1.807) is 0 Å². The van der Waals surface area contributed by atoms with Gasteiger partial charge in [-0.1, -0.05) is 0 Å². The zero-order valence-electron chi connectivity index (χ0n) is 6.51. The van der Waals surface area contributed by atoms with Crippen molar-refractivity contribution in [3.63, 3.8) is 0 Å². The largest absolute Gasteiger partial charge is 0.477 e. The number of rotatable bonds is 1. The van der Waals surface area contributed by atoms with Crippen molar-refractivity contribution in [2.24, 2.45) is 0 Å². The summed E-state index contributed by atoms with van der Waals surface area (Å²) in [5.74, 6) is -6.93. The van der Waals surface area contributed by atoms with Crippen LogP contribution in [-0.2, 0) is 0 Å². The molecular formula is C8H2F3NO2. The summed E-state index contributed by atoms with van der Waals surface area (Å²) >= 11 is 0. The van der Waals surface area contributed by atoms with Crippen LogP contribution in [-0.4, -0.2) is 11.1 Å². The summed E-state index contributed by atoms with van der Waals surface area (Å²) in [4.78, 5) is 10.3. The van der Waals surface area contributed by atoms with E-state index in [9.17, 15) is 18.0 Å². The van der Waals surface area contributed by atoms with Gasteiger partial charge in [0, 0.05) is 0 Å². The molecule has 0 unspecified atom stereocenters. The number of nitriles is 1. The maximum absolute atomic E-state index is 12.8. The molecule has 0 aliphatic rings. The Morgan fingerprint density at radius 2 is 1.93 bits per heavy atom. The van der Waals surface area contributed by atoms with Crippen molar-refractivity contribution in [3.8, 4) is 6.07 Å². The minimum Gasteiger partial charge on any atom is -0.477 e. The van der Waals surface area contributed by atoms with E-state index < -0.39 is 34.5 Å². The number of carboxylic acid groups (broad SMARTS) is 1. The lowest BCUT2D eigenvalue weighted by atomic mass is 10.1. The average molecular weight is 201 g/mol. The molecule has 0 aliphatic heterocycles. The van der Waals surface area contributed by atoms with Crippen LogP contribution in [0.2, 0.25) is 0 Å². The highest BCUT2D eigenvalue weighted by Gasteiger charge is 2.23. The van der Waals surface area contributed by atoms with Crippen LogP contribution in [0.5, 0.6) is 0 Å². The fraction of sp³-hybridized carbons (Fsp3) is 0. The average Bonchev–Trinajstić information content (AvgIpc) is 2.10. The van der Waals surface area contributed by atoms with Gasteiger partial charge in [-0.15, -0.1) is 0 Å². The minimum atomic E-state index is -1.93. The molecule has 3 nitrogen and oxygen atoms in total. The molecule has 0 aromatic heterocycles. The molecule has 6 heteroatoms. The summed E-state index contributed by atoms with van der Waals surface area (Å²) in [7, 11) is 0. The first-order chi connectivity index (χ1) is 6.49. The number of carboxylic acids is 1. The van der Waals surface area contributed by atoms with Crippen LogP contribution in [0.1, 0.15) is 15.9 Å². The first kappa shape index (κ1) is 10.1. The molecule has 0 aliphatic carbocycles. The van der Waals surface area contributed by atoms with E-state index in [4.69, 9.17) is 10.4 Å². The van der Waals surface area contributed by atoms with Gasteiger partial charge in [0.1, 0.15) is 17.4 Å². The monoisotopic (exact) mass is 201 g/mol. The Morgan fingerprint density at radius 3 is 2.36 bits per heavy atom. The first-order valence-electron chi connectivity index (χ1n) is 3.30. The maximum atomic E-state index is 12.8. The van der Waals surface area contributed by atoms with Crippen LogP contribution in [0.25, 0.3) is 0 Å². The molecular weight excluding hydrogens is 199 g/mol. The highest BCUT2D eigenvalue weighted by atomic mass is 19.2. The van der Waals surface area contributed by atoms with Gasteiger partial charge in [0.05, 0.1) is 5.56 Å². The Kier molecular flexibility index (Phi) is 2.42. The molecule has 1 aromatic rings. The Bertz CT molecular complexity index is 451. The number of hydrogen-bond donors (Lipinski definition) is 1. The van der Waals surface area contributed by atoms with Crippen LogP contribution in [0.15, 0.2) is 6.07 Å². The second kappa shape index (κ2) is 3.38. The molecule has 0 saturated carbocycles. The quantitative estimate of drug-likeness (QED) is 0.703. The number of halogens is 3. The highest BCUT2D eigenvalue weighted by molar-refractivity contribution is 5.88. The van der Waals surface area contributed by atoms with E-state index in [0.29, 0.717) is 6.07 Å².